The fourth-order valence-corrected chi connectivity index (χ4v) is 2.62. The molecule has 1 aromatic carbocycles. The number of anilines is 1. The van der Waals surface area contributed by atoms with Crippen LogP contribution in [0.3, 0.4) is 0 Å². The number of nitrogens with one attached hydrogen (secondary N) is 1. The molecule has 0 amide bonds. The first kappa shape index (κ1) is 16.9. The van der Waals surface area contributed by atoms with Crippen LogP contribution in [0.1, 0.15) is 19.8 Å². The maximum atomic E-state index is 12.7. The average molecular weight is 316 g/mol. The molecule has 124 valence electrons. The Bertz CT molecular complexity index is 750. The third kappa shape index (κ3) is 3.33. The van der Waals surface area contributed by atoms with Gasteiger partial charge in [-0.1, -0.05) is 19.4 Å². The van der Waals surface area contributed by atoms with Crippen LogP contribution in [0.4, 0.5) is 5.69 Å². The van der Waals surface area contributed by atoms with Crippen molar-refractivity contribution >= 4 is 16.6 Å². The van der Waals surface area contributed by atoms with Crippen LogP contribution in [-0.4, -0.2) is 25.3 Å². The smallest absolute Gasteiger partial charge is 0.297 e. The van der Waals surface area contributed by atoms with E-state index in [9.17, 15) is 4.79 Å². The van der Waals surface area contributed by atoms with Crippen LogP contribution in [0.5, 0.6) is 11.5 Å². The molecular weight excluding hydrogens is 292 g/mol. The molecule has 0 spiro atoms. The molecule has 0 atom stereocenters. The molecule has 0 saturated carbocycles. The summed E-state index contributed by atoms with van der Waals surface area (Å²) < 4.78 is 12.5. The van der Waals surface area contributed by atoms with Crippen molar-refractivity contribution in [2.75, 3.05) is 26.1 Å². The van der Waals surface area contributed by atoms with E-state index < -0.39 is 0 Å². The number of unbranched alkanes of at least 4 members (excludes halogenated alkanes) is 1. The summed E-state index contributed by atoms with van der Waals surface area (Å²) in [7, 11) is 3.05. The van der Waals surface area contributed by atoms with Gasteiger partial charge in [-0.15, -0.1) is 6.58 Å². The molecule has 1 N–H and O–H groups in total. The second-order valence-electron chi connectivity index (χ2n) is 5.28. The van der Waals surface area contributed by atoms with Gasteiger partial charge in [0.2, 0.25) is 5.75 Å². The van der Waals surface area contributed by atoms with Crippen molar-refractivity contribution in [1.82, 2.24) is 4.57 Å². The van der Waals surface area contributed by atoms with Crippen LogP contribution < -0.4 is 20.3 Å². The number of ether oxygens (including phenoxy) is 2. The normalized spacial score (nSPS) is 10.6. The van der Waals surface area contributed by atoms with E-state index in [2.05, 4.69) is 18.8 Å². The van der Waals surface area contributed by atoms with Gasteiger partial charge in [-0.05, 0) is 24.6 Å². The Morgan fingerprint density at radius 3 is 2.61 bits per heavy atom. The highest BCUT2D eigenvalue weighted by atomic mass is 16.5. The lowest BCUT2D eigenvalue weighted by molar-refractivity contribution is 0.350. The highest BCUT2D eigenvalue weighted by Gasteiger charge is 2.18. The molecule has 1 heterocycles. The van der Waals surface area contributed by atoms with Gasteiger partial charge in [0.25, 0.3) is 5.56 Å². The quantitative estimate of drug-likeness (QED) is 0.758. The third-order valence-corrected chi connectivity index (χ3v) is 3.77. The van der Waals surface area contributed by atoms with Crippen molar-refractivity contribution in [1.29, 1.82) is 0 Å². The lowest BCUT2D eigenvalue weighted by Gasteiger charge is -2.17. The van der Waals surface area contributed by atoms with Crippen molar-refractivity contribution in [2.24, 2.45) is 0 Å². The zero-order chi connectivity index (χ0) is 16.8. The highest BCUT2D eigenvalue weighted by molar-refractivity contribution is 5.90. The fourth-order valence-electron chi connectivity index (χ4n) is 2.62. The summed E-state index contributed by atoms with van der Waals surface area (Å²) in [4.78, 5) is 12.7. The predicted molar refractivity (Wildman–Crippen MR) is 94.9 cm³/mol. The van der Waals surface area contributed by atoms with Gasteiger partial charge in [0, 0.05) is 24.2 Å². The Balaban J connectivity index is 2.72. The maximum Gasteiger partial charge on any atom is 0.297 e. The Hall–Kier alpha value is -2.43. The molecule has 0 aliphatic carbocycles. The molecule has 1 aromatic heterocycles. The molecule has 2 rings (SSSR count). The standard InChI is InChI=1S/C18H24N2O3/c1-5-7-11-20-15-12-13(19-10-6-2)8-9-14(15)16(22-3)17(23-4)18(20)21/h6,8-9,12,19H,2,5,7,10-11H2,1,3-4H3. The first-order valence-electron chi connectivity index (χ1n) is 7.81. The number of hydrogen-bond donors (Lipinski definition) is 1. The third-order valence-electron chi connectivity index (χ3n) is 3.77. The number of hydrogen-bond acceptors (Lipinski definition) is 4. The minimum Gasteiger partial charge on any atom is -0.492 e. The number of fused-ring (bicyclic) bond motifs is 1. The summed E-state index contributed by atoms with van der Waals surface area (Å²) in [6, 6.07) is 5.88. The number of methoxy groups -OCH3 is 2. The molecule has 0 fully saturated rings. The first-order chi connectivity index (χ1) is 11.2. The van der Waals surface area contributed by atoms with Crippen LogP contribution in [0.25, 0.3) is 10.9 Å². The molecular formula is C18H24N2O3. The van der Waals surface area contributed by atoms with Crippen LogP contribution in [0.15, 0.2) is 35.6 Å². The SMILES string of the molecule is C=CCNc1ccc2c(OC)c(OC)c(=O)n(CCCC)c2c1. The summed E-state index contributed by atoms with van der Waals surface area (Å²) >= 11 is 0. The zero-order valence-electron chi connectivity index (χ0n) is 14.0. The molecule has 0 aliphatic rings. The molecule has 5 nitrogen and oxygen atoms in total. The number of nitrogens with zero attached hydrogens (tertiary/aromatic N) is 1. The van der Waals surface area contributed by atoms with Crippen molar-refractivity contribution in [3.8, 4) is 11.5 Å². The molecule has 23 heavy (non-hydrogen) atoms. The van der Waals surface area contributed by atoms with Crippen LogP contribution in [0, 0.1) is 0 Å². The fraction of sp³-hybridized carbons (Fsp3) is 0.389. The topological polar surface area (TPSA) is 52.5 Å². The van der Waals surface area contributed by atoms with Gasteiger partial charge in [-0.3, -0.25) is 4.79 Å². The summed E-state index contributed by atoms with van der Waals surface area (Å²) in [6.07, 6.45) is 3.73. The number of pyridine rings is 1. The van der Waals surface area contributed by atoms with Gasteiger partial charge in [0.05, 0.1) is 19.7 Å². The molecule has 5 heteroatoms. The van der Waals surface area contributed by atoms with Gasteiger partial charge in [0.15, 0.2) is 5.75 Å². The highest BCUT2D eigenvalue weighted by Crippen LogP contribution is 2.33. The monoisotopic (exact) mass is 316 g/mol. The number of benzene rings is 1. The Labute approximate surface area is 136 Å². The minimum atomic E-state index is -0.161. The number of aromatic nitrogens is 1. The van der Waals surface area contributed by atoms with E-state index in [4.69, 9.17) is 9.47 Å². The van der Waals surface area contributed by atoms with Gasteiger partial charge >= 0.3 is 0 Å². The number of aryl methyl sites for hydroxylation is 1. The minimum absolute atomic E-state index is 0.161. The summed E-state index contributed by atoms with van der Waals surface area (Å²) in [5.41, 5.74) is 1.62. The summed E-state index contributed by atoms with van der Waals surface area (Å²) in [5.74, 6) is 0.735. The largest absolute Gasteiger partial charge is 0.492 e. The van der Waals surface area contributed by atoms with E-state index >= 15 is 0 Å². The Kier molecular flexibility index (Phi) is 5.68. The van der Waals surface area contributed by atoms with Crippen LogP contribution in [-0.2, 0) is 6.54 Å². The van der Waals surface area contributed by atoms with Crippen LogP contribution in [0.2, 0.25) is 0 Å². The van der Waals surface area contributed by atoms with Crippen molar-refractivity contribution in [3.05, 3.63) is 41.2 Å². The molecule has 0 unspecified atom stereocenters. The molecule has 0 radical (unpaired) electrons. The average Bonchev–Trinajstić information content (AvgIpc) is 2.58. The molecule has 2 aromatic rings. The second kappa shape index (κ2) is 7.72. The summed E-state index contributed by atoms with van der Waals surface area (Å²) in [5, 5.41) is 4.11. The van der Waals surface area contributed by atoms with Crippen molar-refractivity contribution in [2.45, 2.75) is 26.3 Å². The Morgan fingerprint density at radius 2 is 2.00 bits per heavy atom. The predicted octanol–water partition coefficient (Wildman–Crippen LogP) is 3.42. The first-order valence-corrected chi connectivity index (χ1v) is 7.81. The van der Waals surface area contributed by atoms with Gasteiger partial charge in [-0.2, -0.15) is 0 Å². The van der Waals surface area contributed by atoms with E-state index in [1.54, 1.807) is 17.8 Å². The van der Waals surface area contributed by atoms with Gasteiger partial charge < -0.3 is 19.4 Å². The Morgan fingerprint density at radius 1 is 1.26 bits per heavy atom. The molecule has 0 saturated heterocycles. The zero-order valence-corrected chi connectivity index (χ0v) is 14.0. The van der Waals surface area contributed by atoms with Crippen molar-refractivity contribution in [3.63, 3.8) is 0 Å². The van der Waals surface area contributed by atoms with E-state index in [1.165, 1.54) is 7.11 Å². The van der Waals surface area contributed by atoms with Gasteiger partial charge in [0.1, 0.15) is 0 Å². The van der Waals surface area contributed by atoms with Gasteiger partial charge in [-0.25, -0.2) is 0 Å². The number of rotatable bonds is 8. The van der Waals surface area contributed by atoms with Crippen molar-refractivity contribution < 1.29 is 9.47 Å². The van der Waals surface area contributed by atoms with Crippen LogP contribution >= 0.6 is 0 Å². The lowest BCUT2D eigenvalue weighted by Crippen LogP contribution is -2.23. The van der Waals surface area contributed by atoms with E-state index in [1.807, 2.05) is 18.2 Å². The van der Waals surface area contributed by atoms with E-state index in [0.29, 0.717) is 18.8 Å². The summed E-state index contributed by atoms with van der Waals surface area (Å²) in [6.45, 7) is 7.12. The molecule has 0 aliphatic heterocycles. The van der Waals surface area contributed by atoms with E-state index in [0.717, 1.165) is 29.4 Å². The second-order valence-corrected chi connectivity index (χ2v) is 5.28. The maximum absolute atomic E-state index is 12.7. The van der Waals surface area contributed by atoms with E-state index in [-0.39, 0.29) is 11.3 Å². The lowest BCUT2D eigenvalue weighted by atomic mass is 10.1. The molecule has 0 bridgehead atoms.